The van der Waals surface area contributed by atoms with Crippen LogP contribution in [0.1, 0.15) is 42.1 Å². The predicted octanol–water partition coefficient (Wildman–Crippen LogP) is 5.92. The smallest absolute Gasteiger partial charge is 0.122 e. The van der Waals surface area contributed by atoms with Crippen molar-refractivity contribution in [2.75, 3.05) is 41.0 Å². The number of aryl methyl sites for hydroxylation is 1. The summed E-state index contributed by atoms with van der Waals surface area (Å²) in [6, 6.07) is 25.1. The molecule has 35 heavy (non-hydrogen) atoms. The van der Waals surface area contributed by atoms with Crippen molar-refractivity contribution in [1.29, 1.82) is 0 Å². The van der Waals surface area contributed by atoms with Gasteiger partial charge in [-0.15, -0.1) is 0 Å². The Bertz CT molecular complexity index is 987. The highest BCUT2D eigenvalue weighted by Gasteiger charge is 2.26. The molecule has 0 N–H and O–H groups in total. The monoisotopic (exact) mass is 475 g/mol. The molecule has 1 heterocycles. The second kappa shape index (κ2) is 12.6. The molecule has 1 fully saturated rings. The molecule has 0 radical (unpaired) electrons. The Morgan fingerprint density at radius 2 is 1.43 bits per heavy atom. The minimum atomic E-state index is -0.136. The zero-order chi connectivity index (χ0) is 24.5. The van der Waals surface area contributed by atoms with Gasteiger partial charge in [-0.25, -0.2) is 0 Å². The second-order valence-electron chi connectivity index (χ2n) is 9.01. The molecule has 3 aromatic rings. The Labute approximate surface area is 209 Å². The first kappa shape index (κ1) is 25.1. The SMILES string of the molecule is COc1ccc(C(OC[C@@H]2CCCN2CCCc2ccccc2OC)c2ccc(OC)cc2)cc1. The maximum Gasteiger partial charge on any atom is 0.122 e. The van der Waals surface area contributed by atoms with Gasteiger partial charge in [-0.2, -0.15) is 0 Å². The van der Waals surface area contributed by atoms with Gasteiger partial charge in [-0.3, -0.25) is 4.90 Å². The van der Waals surface area contributed by atoms with Gasteiger partial charge >= 0.3 is 0 Å². The Balaban J connectivity index is 1.40. The van der Waals surface area contributed by atoms with Crippen LogP contribution in [0.25, 0.3) is 0 Å². The van der Waals surface area contributed by atoms with E-state index in [4.69, 9.17) is 18.9 Å². The van der Waals surface area contributed by atoms with Crippen LogP contribution in [-0.2, 0) is 11.2 Å². The third kappa shape index (κ3) is 6.56. The Kier molecular flexibility index (Phi) is 9.04. The number of likely N-dealkylation sites (tertiary alicyclic amines) is 1. The quantitative estimate of drug-likeness (QED) is 0.325. The molecule has 3 aromatic carbocycles. The van der Waals surface area contributed by atoms with E-state index in [2.05, 4.69) is 41.3 Å². The molecule has 0 aliphatic carbocycles. The molecule has 0 saturated carbocycles. The minimum Gasteiger partial charge on any atom is -0.497 e. The van der Waals surface area contributed by atoms with Crippen molar-refractivity contribution in [3.63, 3.8) is 0 Å². The van der Waals surface area contributed by atoms with Gasteiger partial charge in [0.1, 0.15) is 23.4 Å². The Hall–Kier alpha value is -3.02. The van der Waals surface area contributed by atoms with Gasteiger partial charge in [-0.05, 0) is 85.8 Å². The predicted molar refractivity (Wildman–Crippen MR) is 140 cm³/mol. The van der Waals surface area contributed by atoms with Crippen molar-refractivity contribution >= 4 is 0 Å². The number of hydrogen-bond donors (Lipinski definition) is 0. The fourth-order valence-corrected chi connectivity index (χ4v) is 4.91. The highest BCUT2D eigenvalue weighted by Crippen LogP contribution is 2.30. The van der Waals surface area contributed by atoms with Crippen LogP contribution < -0.4 is 14.2 Å². The molecule has 0 spiro atoms. The van der Waals surface area contributed by atoms with E-state index in [0.717, 1.165) is 54.3 Å². The molecular weight excluding hydrogens is 438 g/mol. The Morgan fingerprint density at radius 1 is 0.800 bits per heavy atom. The van der Waals surface area contributed by atoms with Gasteiger partial charge in [0.15, 0.2) is 0 Å². The van der Waals surface area contributed by atoms with Crippen molar-refractivity contribution in [1.82, 2.24) is 4.90 Å². The van der Waals surface area contributed by atoms with Crippen LogP contribution in [0.3, 0.4) is 0 Å². The van der Waals surface area contributed by atoms with Gasteiger partial charge < -0.3 is 18.9 Å². The van der Waals surface area contributed by atoms with Crippen molar-refractivity contribution < 1.29 is 18.9 Å². The average Bonchev–Trinajstić information content (AvgIpc) is 3.37. The van der Waals surface area contributed by atoms with E-state index in [1.165, 1.54) is 18.4 Å². The lowest BCUT2D eigenvalue weighted by Crippen LogP contribution is -2.34. The van der Waals surface area contributed by atoms with E-state index in [1.807, 2.05) is 36.4 Å². The van der Waals surface area contributed by atoms with Gasteiger partial charge in [-0.1, -0.05) is 42.5 Å². The number of methoxy groups -OCH3 is 3. The van der Waals surface area contributed by atoms with Crippen molar-refractivity contribution in [2.45, 2.75) is 37.8 Å². The molecule has 0 aromatic heterocycles. The first-order valence-corrected chi connectivity index (χ1v) is 12.5. The fraction of sp³-hybridized carbons (Fsp3) is 0.400. The lowest BCUT2D eigenvalue weighted by molar-refractivity contribution is 0.0376. The summed E-state index contributed by atoms with van der Waals surface area (Å²) in [4.78, 5) is 2.59. The molecule has 0 amide bonds. The van der Waals surface area contributed by atoms with Gasteiger partial charge in [0, 0.05) is 6.04 Å². The van der Waals surface area contributed by atoms with E-state index in [-0.39, 0.29) is 6.10 Å². The van der Waals surface area contributed by atoms with Crippen LogP contribution in [0.15, 0.2) is 72.8 Å². The van der Waals surface area contributed by atoms with Gasteiger partial charge in [0.05, 0.1) is 27.9 Å². The third-order valence-corrected chi connectivity index (χ3v) is 6.88. The zero-order valence-electron chi connectivity index (χ0n) is 21.1. The first-order chi connectivity index (χ1) is 17.2. The molecule has 1 atom stereocenters. The molecule has 186 valence electrons. The summed E-state index contributed by atoms with van der Waals surface area (Å²) >= 11 is 0. The average molecular weight is 476 g/mol. The van der Waals surface area contributed by atoms with E-state index in [9.17, 15) is 0 Å². The first-order valence-electron chi connectivity index (χ1n) is 12.5. The molecule has 5 heteroatoms. The molecule has 0 bridgehead atoms. The number of hydrogen-bond acceptors (Lipinski definition) is 5. The topological polar surface area (TPSA) is 40.2 Å². The maximum atomic E-state index is 6.63. The Morgan fingerprint density at radius 3 is 2.03 bits per heavy atom. The highest BCUT2D eigenvalue weighted by atomic mass is 16.5. The zero-order valence-corrected chi connectivity index (χ0v) is 21.1. The largest absolute Gasteiger partial charge is 0.497 e. The summed E-state index contributed by atoms with van der Waals surface area (Å²) in [7, 11) is 5.12. The number of rotatable bonds is 12. The summed E-state index contributed by atoms with van der Waals surface area (Å²) < 4.78 is 22.9. The number of benzene rings is 3. The normalized spacial score (nSPS) is 15.9. The van der Waals surface area contributed by atoms with E-state index < -0.39 is 0 Å². The minimum absolute atomic E-state index is 0.136. The summed E-state index contributed by atoms with van der Waals surface area (Å²) in [6.07, 6.45) is 4.39. The summed E-state index contributed by atoms with van der Waals surface area (Å²) in [5.41, 5.74) is 3.52. The lowest BCUT2D eigenvalue weighted by Gasteiger charge is -2.27. The number of ether oxygens (including phenoxy) is 4. The maximum absolute atomic E-state index is 6.63. The van der Waals surface area contributed by atoms with Crippen LogP contribution in [0.4, 0.5) is 0 Å². The van der Waals surface area contributed by atoms with Crippen molar-refractivity contribution in [3.05, 3.63) is 89.5 Å². The van der Waals surface area contributed by atoms with E-state index >= 15 is 0 Å². The van der Waals surface area contributed by atoms with Crippen molar-refractivity contribution in [2.24, 2.45) is 0 Å². The molecule has 1 aliphatic rings. The van der Waals surface area contributed by atoms with E-state index in [0.29, 0.717) is 12.6 Å². The standard InChI is InChI=1S/C30H37NO4/c1-32-27-16-12-24(13-17-27)30(25-14-18-28(33-2)19-15-25)35-22-26-10-7-21-31(26)20-6-9-23-8-4-5-11-29(23)34-3/h4-5,8,11-19,26,30H,6-7,9-10,20-22H2,1-3H3/t26-/m0/s1. The third-order valence-electron chi connectivity index (χ3n) is 6.88. The number of nitrogens with zero attached hydrogens (tertiary/aromatic N) is 1. The molecule has 4 rings (SSSR count). The van der Waals surface area contributed by atoms with E-state index in [1.54, 1.807) is 21.3 Å². The molecule has 5 nitrogen and oxygen atoms in total. The van der Waals surface area contributed by atoms with Crippen LogP contribution in [0, 0.1) is 0 Å². The van der Waals surface area contributed by atoms with Crippen LogP contribution in [-0.4, -0.2) is 52.0 Å². The lowest BCUT2D eigenvalue weighted by atomic mass is 10.0. The van der Waals surface area contributed by atoms with Gasteiger partial charge in [0.25, 0.3) is 0 Å². The molecule has 1 saturated heterocycles. The van der Waals surface area contributed by atoms with Gasteiger partial charge in [0.2, 0.25) is 0 Å². The summed E-state index contributed by atoms with van der Waals surface area (Å²) in [5, 5.41) is 0. The van der Waals surface area contributed by atoms with Crippen molar-refractivity contribution in [3.8, 4) is 17.2 Å². The molecule has 0 unspecified atom stereocenters. The number of para-hydroxylation sites is 1. The van der Waals surface area contributed by atoms with Crippen LogP contribution in [0.2, 0.25) is 0 Å². The summed E-state index contributed by atoms with van der Waals surface area (Å²) in [5.74, 6) is 2.68. The van der Waals surface area contributed by atoms with Crippen LogP contribution in [0.5, 0.6) is 17.2 Å². The van der Waals surface area contributed by atoms with Crippen LogP contribution >= 0.6 is 0 Å². The molecule has 1 aliphatic heterocycles. The second-order valence-corrected chi connectivity index (χ2v) is 9.01. The molecular formula is C30H37NO4. The summed E-state index contributed by atoms with van der Waals surface area (Å²) in [6.45, 7) is 2.91. The highest BCUT2D eigenvalue weighted by molar-refractivity contribution is 5.37. The fourth-order valence-electron chi connectivity index (χ4n) is 4.91.